The fourth-order valence-electron chi connectivity index (χ4n) is 1.87. The average Bonchev–Trinajstić information content (AvgIpc) is 2.49. The van der Waals surface area contributed by atoms with Gasteiger partial charge in [0.15, 0.2) is 11.5 Å². The van der Waals surface area contributed by atoms with Gasteiger partial charge in [0.05, 0.1) is 25.4 Å². The summed E-state index contributed by atoms with van der Waals surface area (Å²) in [7, 11) is 0. The first-order chi connectivity index (χ1) is 9.24. The smallest absolute Gasteiger partial charge is 0.165 e. The van der Waals surface area contributed by atoms with Crippen LogP contribution in [-0.2, 0) is 6.54 Å². The van der Waals surface area contributed by atoms with Crippen molar-refractivity contribution in [1.29, 1.82) is 0 Å². The summed E-state index contributed by atoms with van der Waals surface area (Å²) in [5.74, 6) is 1.36. The third kappa shape index (κ3) is 2.98. The van der Waals surface area contributed by atoms with Crippen molar-refractivity contribution in [3.05, 3.63) is 23.8 Å². The molecule has 6 nitrogen and oxygen atoms in total. The SMILES string of the molecule is OCC(CO)(CO)NCc1cccc2c1OCCO2. The van der Waals surface area contributed by atoms with Gasteiger partial charge >= 0.3 is 0 Å². The minimum Gasteiger partial charge on any atom is -0.486 e. The number of aliphatic hydroxyl groups is 3. The zero-order chi connectivity index (χ0) is 13.7. The second-order valence-electron chi connectivity index (χ2n) is 4.55. The van der Waals surface area contributed by atoms with Crippen LogP contribution in [0.2, 0.25) is 0 Å². The number of aliphatic hydroxyl groups excluding tert-OH is 3. The first-order valence-corrected chi connectivity index (χ1v) is 6.20. The standard InChI is InChI=1S/C13H19NO5/c15-7-13(8-16,9-17)14-6-10-2-1-3-11-12(10)19-5-4-18-11/h1-3,14-17H,4-9H2. The quantitative estimate of drug-likeness (QED) is 0.544. The largest absolute Gasteiger partial charge is 0.486 e. The van der Waals surface area contributed by atoms with Gasteiger partial charge in [-0.15, -0.1) is 0 Å². The third-order valence-electron chi connectivity index (χ3n) is 3.21. The second kappa shape index (κ2) is 6.21. The highest BCUT2D eigenvalue weighted by atomic mass is 16.6. The van der Waals surface area contributed by atoms with Crippen LogP contribution in [0.3, 0.4) is 0 Å². The molecule has 0 unspecified atom stereocenters. The summed E-state index contributed by atoms with van der Waals surface area (Å²) < 4.78 is 11.0. The second-order valence-corrected chi connectivity index (χ2v) is 4.55. The molecule has 106 valence electrons. The van der Waals surface area contributed by atoms with Gasteiger partial charge in [0.25, 0.3) is 0 Å². The van der Waals surface area contributed by atoms with E-state index in [0.717, 1.165) is 5.56 Å². The van der Waals surface area contributed by atoms with Crippen molar-refractivity contribution in [2.45, 2.75) is 12.1 Å². The van der Waals surface area contributed by atoms with E-state index in [0.29, 0.717) is 31.3 Å². The summed E-state index contributed by atoms with van der Waals surface area (Å²) in [6, 6.07) is 5.55. The Kier molecular flexibility index (Phi) is 4.60. The molecule has 6 heteroatoms. The number of nitrogens with one attached hydrogen (secondary N) is 1. The topological polar surface area (TPSA) is 91.2 Å². The van der Waals surface area contributed by atoms with Crippen molar-refractivity contribution in [2.24, 2.45) is 0 Å². The van der Waals surface area contributed by atoms with E-state index in [1.165, 1.54) is 0 Å². The molecular weight excluding hydrogens is 250 g/mol. The van der Waals surface area contributed by atoms with Crippen molar-refractivity contribution < 1.29 is 24.8 Å². The van der Waals surface area contributed by atoms with E-state index in [1.54, 1.807) is 0 Å². The van der Waals surface area contributed by atoms with Crippen LogP contribution in [0.4, 0.5) is 0 Å². The highest BCUT2D eigenvalue weighted by Gasteiger charge is 2.28. The number of rotatable bonds is 6. The Balaban J connectivity index is 2.11. The summed E-state index contributed by atoms with van der Waals surface area (Å²) >= 11 is 0. The lowest BCUT2D eigenvalue weighted by Crippen LogP contribution is -2.54. The van der Waals surface area contributed by atoms with Gasteiger partial charge in [0.1, 0.15) is 13.2 Å². The average molecular weight is 269 g/mol. The number of benzene rings is 1. The summed E-state index contributed by atoms with van der Waals surface area (Å²) in [5, 5.41) is 30.7. The number of hydrogen-bond donors (Lipinski definition) is 4. The van der Waals surface area contributed by atoms with Crippen molar-refractivity contribution in [1.82, 2.24) is 5.32 Å². The Morgan fingerprint density at radius 1 is 1.05 bits per heavy atom. The fraction of sp³-hybridized carbons (Fsp3) is 0.538. The molecule has 19 heavy (non-hydrogen) atoms. The maximum absolute atomic E-state index is 9.25. The Labute approximate surface area is 111 Å². The van der Waals surface area contributed by atoms with Crippen LogP contribution < -0.4 is 14.8 Å². The maximum atomic E-state index is 9.25. The van der Waals surface area contributed by atoms with Crippen LogP contribution in [0.15, 0.2) is 18.2 Å². The highest BCUT2D eigenvalue weighted by Crippen LogP contribution is 2.33. The molecule has 4 N–H and O–H groups in total. The van der Waals surface area contributed by atoms with Crippen molar-refractivity contribution in [3.8, 4) is 11.5 Å². The monoisotopic (exact) mass is 269 g/mol. The number of fused-ring (bicyclic) bond motifs is 1. The van der Waals surface area contributed by atoms with E-state index < -0.39 is 5.54 Å². The van der Waals surface area contributed by atoms with Gasteiger partial charge in [-0.1, -0.05) is 12.1 Å². The zero-order valence-corrected chi connectivity index (χ0v) is 10.6. The first kappa shape index (κ1) is 14.1. The van der Waals surface area contributed by atoms with Crippen LogP contribution in [0, 0.1) is 0 Å². The van der Waals surface area contributed by atoms with Gasteiger partial charge in [0, 0.05) is 12.1 Å². The lowest BCUT2D eigenvalue weighted by atomic mass is 10.0. The van der Waals surface area contributed by atoms with Crippen LogP contribution >= 0.6 is 0 Å². The molecule has 2 rings (SSSR count). The van der Waals surface area contributed by atoms with E-state index in [1.807, 2.05) is 18.2 Å². The van der Waals surface area contributed by atoms with Crippen molar-refractivity contribution in [3.63, 3.8) is 0 Å². The minimum atomic E-state index is -1.10. The molecule has 1 heterocycles. The van der Waals surface area contributed by atoms with Crippen LogP contribution in [0.5, 0.6) is 11.5 Å². The number of hydrogen-bond acceptors (Lipinski definition) is 6. The van der Waals surface area contributed by atoms with Gasteiger partial charge in [0.2, 0.25) is 0 Å². The molecular formula is C13H19NO5. The molecule has 0 saturated carbocycles. The van der Waals surface area contributed by atoms with Crippen LogP contribution in [0.25, 0.3) is 0 Å². The summed E-state index contributed by atoms with van der Waals surface area (Å²) in [5.41, 5.74) is -0.241. The maximum Gasteiger partial charge on any atom is 0.165 e. The number of para-hydroxylation sites is 1. The fourth-order valence-corrected chi connectivity index (χ4v) is 1.87. The summed E-state index contributed by atoms with van der Waals surface area (Å²) in [6.07, 6.45) is 0. The van der Waals surface area contributed by atoms with Crippen molar-refractivity contribution in [2.75, 3.05) is 33.0 Å². The number of ether oxygens (including phenoxy) is 2. The molecule has 1 aromatic rings. The van der Waals surface area contributed by atoms with E-state index >= 15 is 0 Å². The lowest BCUT2D eigenvalue weighted by molar-refractivity contribution is 0.0410. The molecule has 1 aromatic carbocycles. The predicted molar refractivity (Wildman–Crippen MR) is 68.3 cm³/mol. The van der Waals surface area contributed by atoms with E-state index in [9.17, 15) is 15.3 Å². The normalized spacial score (nSPS) is 14.5. The molecule has 0 aromatic heterocycles. The Morgan fingerprint density at radius 3 is 2.42 bits per heavy atom. The molecule has 0 bridgehead atoms. The Bertz CT molecular complexity index is 411. The van der Waals surface area contributed by atoms with Crippen LogP contribution in [-0.4, -0.2) is 53.9 Å². The molecule has 0 saturated heterocycles. The first-order valence-electron chi connectivity index (χ1n) is 6.20. The molecule has 0 fully saturated rings. The Hall–Kier alpha value is -1.34. The molecule has 0 spiro atoms. The van der Waals surface area contributed by atoms with E-state index in [2.05, 4.69) is 5.32 Å². The van der Waals surface area contributed by atoms with E-state index in [-0.39, 0.29) is 19.8 Å². The van der Waals surface area contributed by atoms with Gasteiger partial charge in [-0.2, -0.15) is 0 Å². The zero-order valence-electron chi connectivity index (χ0n) is 10.6. The van der Waals surface area contributed by atoms with Crippen molar-refractivity contribution >= 4 is 0 Å². The molecule has 1 aliphatic heterocycles. The van der Waals surface area contributed by atoms with E-state index in [4.69, 9.17) is 9.47 Å². The van der Waals surface area contributed by atoms with Gasteiger partial charge in [-0.3, -0.25) is 0 Å². The van der Waals surface area contributed by atoms with Gasteiger partial charge < -0.3 is 30.1 Å². The molecule has 1 aliphatic rings. The van der Waals surface area contributed by atoms with Gasteiger partial charge in [-0.25, -0.2) is 0 Å². The predicted octanol–water partition coefficient (Wildman–Crippen LogP) is -0.737. The molecule has 0 radical (unpaired) electrons. The third-order valence-corrected chi connectivity index (χ3v) is 3.21. The highest BCUT2D eigenvalue weighted by molar-refractivity contribution is 5.47. The Morgan fingerprint density at radius 2 is 1.74 bits per heavy atom. The minimum absolute atomic E-state index is 0.355. The van der Waals surface area contributed by atoms with Crippen LogP contribution in [0.1, 0.15) is 5.56 Å². The van der Waals surface area contributed by atoms with Gasteiger partial charge in [-0.05, 0) is 6.07 Å². The summed E-state index contributed by atoms with van der Waals surface area (Å²) in [4.78, 5) is 0. The lowest BCUT2D eigenvalue weighted by Gasteiger charge is -2.29. The molecule has 0 atom stereocenters. The molecule has 0 aliphatic carbocycles. The summed E-state index contributed by atoms with van der Waals surface area (Å²) in [6.45, 7) is 0.312. The molecule has 0 amide bonds.